The first-order chi connectivity index (χ1) is 8.39. The van der Waals surface area contributed by atoms with E-state index in [2.05, 4.69) is 56.4 Å². The first-order valence-electron chi connectivity index (χ1n) is 7.11. The SMILES string of the molecule is CC(C)CN(CCN(C)C)C1(CN)CSC(C)C1. The van der Waals surface area contributed by atoms with Crippen molar-refractivity contribution in [2.45, 2.75) is 38.0 Å². The van der Waals surface area contributed by atoms with Gasteiger partial charge in [-0.3, -0.25) is 4.90 Å². The molecule has 1 aliphatic rings. The molecule has 1 heterocycles. The largest absolute Gasteiger partial charge is 0.329 e. The van der Waals surface area contributed by atoms with Gasteiger partial charge in [0.1, 0.15) is 0 Å². The molecule has 0 amide bonds. The molecule has 1 aliphatic heterocycles. The van der Waals surface area contributed by atoms with E-state index < -0.39 is 0 Å². The smallest absolute Gasteiger partial charge is 0.0433 e. The molecule has 0 aromatic carbocycles. The van der Waals surface area contributed by atoms with Crippen LogP contribution in [0.2, 0.25) is 0 Å². The fourth-order valence-electron chi connectivity index (χ4n) is 2.73. The maximum absolute atomic E-state index is 6.15. The molecular weight excluding hydrogens is 242 g/mol. The number of likely N-dealkylation sites (N-methyl/N-ethyl adjacent to an activating group) is 1. The number of rotatable bonds is 7. The topological polar surface area (TPSA) is 32.5 Å². The zero-order chi connectivity index (χ0) is 13.8. The third kappa shape index (κ3) is 4.41. The quantitative estimate of drug-likeness (QED) is 0.766. The Hall–Kier alpha value is 0.230. The number of thioether (sulfide) groups is 1. The molecular formula is C14H31N3S. The molecule has 0 aliphatic carbocycles. The van der Waals surface area contributed by atoms with Gasteiger partial charge in [0.25, 0.3) is 0 Å². The van der Waals surface area contributed by atoms with Crippen molar-refractivity contribution >= 4 is 11.8 Å². The molecule has 0 radical (unpaired) electrons. The van der Waals surface area contributed by atoms with E-state index in [4.69, 9.17) is 5.73 Å². The van der Waals surface area contributed by atoms with Gasteiger partial charge in [-0.15, -0.1) is 0 Å². The second-order valence-electron chi connectivity index (χ2n) is 6.40. The Kier molecular flexibility index (Phi) is 6.45. The second-order valence-corrected chi connectivity index (χ2v) is 7.82. The molecule has 0 spiro atoms. The highest BCUT2D eigenvalue weighted by atomic mass is 32.2. The van der Waals surface area contributed by atoms with Crippen molar-refractivity contribution in [1.29, 1.82) is 0 Å². The number of hydrogen-bond acceptors (Lipinski definition) is 4. The number of nitrogens with two attached hydrogens (primary N) is 1. The van der Waals surface area contributed by atoms with Crippen molar-refractivity contribution in [1.82, 2.24) is 9.80 Å². The van der Waals surface area contributed by atoms with Gasteiger partial charge < -0.3 is 10.6 Å². The molecule has 0 aromatic rings. The molecule has 1 fully saturated rings. The summed E-state index contributed by atoms with van der Waals surface area (Å²) in [5.41, 5.74) is 6.39. The summed E-state index contributed by atoms with van der Waals surface area (Å²) >= 11 is 2.08. The summed E-state index contributed by atoms with van der Waals surface area (Å²) < 4.78 is 0. The fraction of sp³-hybridized carbons (Fsp3) is 1.00. The predicted molar refractivity (Wildman–Crippen MR) is 83.3 cm³/mol. The molecule has 2 atom stereocenters. The Bertz CT molecular complexity index is 245. The molecule has 3 nitrogen and oxygen atoms in total. The molecule has 1 rings (SSSR count). The summed E-state index contributed by atoms with van der Waals surface area (Å²) in [4.78, 5) is 4.93. The van der Waals surface area contributed by atoms with E-state index in [9.17, 15) is 0 Å². The van der Waals surface area contributed by atoms with Crippen molar-refractivity contribution in [3.8, 4) is 0 Å². The van der Waals surface area contributed by atoms with Crippen LogP contribution in [0.3, 0.4) is 0 Å². The average molecular weight is 273 g/mol. The first-order valence-corrected chi connectivity index (χ1v) is 8.16. The molecule has 2 unspecified atom stereocenters. The summed E-state index contributed by atoms with van der Waals surface area (Å²) in [6.45, 7) is 11.2. The maximum atomic E-state index is 6.15. The summed E-state index contributed by atoms with van der Waals surface area (Å²) in [6, 6.07) is 0. The lowest BCUT2D eigenvalue weighted by Crippen LogP contribution is -2.57. The Morgan fingerprint density at radius 2 is 2.00 bits per heavy atom. The first kappa shape index (κ1) is 16.3. The van der Waals surface area contributed by atoms with Gasteiger partial charge in [-0.05, 0) is 26.4 Å². The number of nitrogens with zero attached hydrogens (tertiary/aromatic N) is 2. The lowest BCUT2D eigenvalue weighted by molar-refractivity contribution is 0.0894. The zero-order valence-corrected chi connectivity index (χ0v) is 13.6. The molecule has 0 saturated carbocycles. The minimum Gasteiger partial charge on any atom is -0.329 e. The molecule has 4 heteroatoms. The van der Waals surface area contributed by atoms with Crippen LogP contribution >= 0.6 is 11.8 Å². The van der Waals surface area contributed by atoms with Gasteiger partial charge in [0.2, 0.25) is 0 Å². The maximum Gasteiger partial charge on any atom is 0.0433 e. The minimum atomic E-state index is 0.240. The van der Waals surface area contributed by atoms with Crippen LogP contribution in [0.15, 0.2) is 0 Å². The Morgan fingerprint density at radius 3 is 2.39 bits per heavy atom. The van der Waals surface area contributed by atoms with Crippen LogP contribution in [0.4, 0.5) is 0 Å². The van der Waals surface area contributed by atoms with E-state index >= 15 is 0 Å². The van der Waals surface area contributed by atoms with Gasteiger partial charge in [-0.2, -0.15) is 11.8 Å². The molecule has 1 saturated heterocycles. The van der Waals surface area contributed by atoms with E-state index in [0.717, 1.165) is 24.9 Å². The zero-order valence-electron chi connectivity index (χ0n) is 12.8. The van der Waals surface area contributed by atoms with Crippen molar-refractivity contribution in [3.05, 3.63) is 0 Å². The molecule has 2 N–H and O–H groups in total. The third-order valence-corrected chi connectivity index (χ3v) is 5.20. The van der Waals surface area contributed by atoms with E-state index in [0.29, 0.717) is 5.92 Å². The molecule has 18 heavy (non-hydrogen) atoms. The van der Waals surface area contributed by atoms with Crippen molar-refractivity contribution in [2.75, 3.05) is 46.0 Å². The highest BCUT2D eigenvalue weighted by Gasteiger charge is 2.41. The van der Waals surface area contributed by atoms with Crippen LogP contribution in [0.1, 0.15) is 27.2 Å². The van der Waals surface area contributed by atoms with Gasteiger partial charge in [0, 0.05) is 42.7 Å². The van der Waals surface area contributed by atoms with E-state index in [-0.39, 0.29) is 5.54 Å². The Balaban J connectivity index is 2.72. The molecule has 108 valence electrons. The summed E-state index contributed by atoms with van der Waals surface area (Å²) in [5.74, 6) is 1.90. The molecule has 0 bridgehead atoms. The lowest BCUT2D eigenvalue weighted by Gasteiger charge is -2.42. The van der Waals surface area contributed by atoms with Gasteiger partial charge in [0.05, 0.1) is 0 Å². The van der Waals surface area contributed by atoms with Gasteiger partial charge in [0.15, 0.2) is 0 Å². The van der Waals surface area contributed by atoms with Gasteiger partial charge in [-0.25, -0.2) is 0 Å². The molecule has 0 aromatic heterocycles. The predicted octanol–water partition coefficient (Wildman–Crippen LogP) is 1.73. The standard InChI is InChI=1S/C14H31N3S/c1-12(2)9-17(7-6-16(4)5)14(10-15)8-13(3)18-11-14/h12-13H,6-11,15H2,1-5H3. The third-order valence-electron chi connectivity index (χ3n) is 3.76. The van der Waals surface area contributed by atoms with Crippen molar-refractivity contribution in [2.24, 2.45) is 11.7 Å². The van der Waals surface area contributed by atoms with E-state index in [1.165, 1.54) is 18.7 Å². The number of hydrogen-bond donors (Lipinski definition) is 1. The summed E-state index contributed by atoms with van der Waals surface area (Å²) in [6.07, 6.45) is 1.24. The highest BCUT2D eigenvalue weighted by molar-refractivity contribution is 8.00. The Morgan fingerprint density at radius 1 is 1.33 bits per heavy atom. The Labute approximate surface area is 117 Å². The van der Waals surface area contributed by atoms with Crippen molar-refractivity contribution < 1.29 is 0 Å². The second kappa shape index (κ2) is 7.13. The van der Waals surface area contributed by atoms with Crippen LogP contribution in [0.5, 0.6) is 0 Å². The van der Waals surface area contributed by atoms with Gasteiger partial charge in [-0.1, -0.05) is 20.8 Å². The van der Waals surface area contributed by atoms with Crippen LogP contribution in [-0.4, -0.2) is 66.6 Å². The summed E-state index contributed by atoms with van der Waals surface area (Å²) in [7, 11) is 4.30. The van der Waals surface area contributed by atoms with Crippen LogP contribution < -0.4 is 5.73 Å². The van der Waals surface area contributed by atoms with E-state index in [1.54, 1.807) is 0 Å². The summed E-state index contributed by atoms with van der Waals surface area (Å²) in [5, 5.41) is 0.752. The monoisotopic (exact) mass is 273 g/mol. The lowest BCUT2D eigenvalue weighted by atomic mass is 9.92. The average Bonchev–Trinajstić information content (AvgIpc) is 2.66. The van der Waals surface area contributed by atoms with Crippen LogP contribution in [0, 0.1) is 5.92 Å². The van der Waals surface area contributed by atoms with Crippen molar-refractivity contribution in [3.63, 3.8) is 0 Å². The van der Waals surface area contributed by atoms with Gasteiger partial charge >= 0.3 is 0 Å². The van der Waals surface area contributed by atoms with Crippen LogP contribution in [-0.2, 0) is 0 Å². The highest BCUT2D eigenvalue weighted by Crippen LogP contribution is 2.38. The van der Waals surface area contributed by atoms with E-state index in [1.807, 2.05) is 0 Å². The minimum absolute atomic E-state index is 0.240. The normalized spacial score (nSPS) is 28.8. The fourth-order valence-corrected chi connectivity index (χ4v) is 4.17. The van der Waals surface area contributed by atoms with Crippen LogP contribution in [0.25, 0.3) is 0 Å².